The molecule has 15 heavy (non-hydrogen) atoms. The van der Waals surface area contributed by atoms with E-state index in [-0.39, 0.29) is 12.5 Å². The number of nitrogens with zero attached hydrogens (tertiary/aromatic N) is 2. The molecule has 0 radical (unpaired) electrons. The van der Waals surface area contributed by atoms with E-state index in [1.807, 2.05) is 17.9 Å². The van der Waals surface area contributed by atoms with Crippen molar-refractivity contribution in [2.75, 3.05) is 13.6 Å². The normalized spacial score (nSPS) is 13.0. The highest BCUT2D eigenvalue weighted by Crippen LogP contribution is 2.18. The highest BCUT2D eigenvalue weighted by Gasteiger charge is 2.13. The van der Waals surface area contributed by atoms with Crippen molar-refractivity contribution < 1.29 is 9.90 Å². The summed E-state index contributed by atoms with van der Waals surface area (Å²) in [6.07, 6.45) is 0.911. The molecule has 0 aliphatic heterocycles. The fraction of sp³-hybridized carbons (Fsp3) is 0.600. The maximum Gasteiger partial charge on any atom is 0.303 e. The van der Waals surface area contributed by atoms with Crippen LogP contribution in [0.3, 0.4) is 0 Å². The summed E-state index contributed by atoms with van der Waals surface area (Å²) in [6, 6.07) is 0.255. The van der Waals surface area contributed by atoms with E-state index in [2.05, 4.69) is 16.8 Å². The number of carboxylic acid groups (broad SMARTS) is 1. The summed E-state index contributed by atoms with van der Waals surface area (Å²) < 4.78 is 0. The molecule has 0 fully saturated rings. The zero-order valence-electron chi connectivity index (χ0n) is 9.01. The summed E-state index contributed by atoms with van der Waals surface area (Å²) in [5, 5.41) is 10.5. The number of aliphatic carboxylic acids is 1. The van der Waals surface area contributed by atoms with Gasteiger partial charge in [0.2, 0.25) is 0 Å². The van der Waals surface area contributed by atoms with Crippen LogP contribution in [0.1, 0.15) is 31.5 Å². The fourth-order valence-electron chi connectivity index (χ4n) is 1.33. The molecule has 0 saturated heterocycles. The second-order valence-corrected chi connectivity index (χ2v) is 4.29. The summed E-state index contributed by atoms with van der Waals surface area (Å²) in [5.74, 6) is -0.732. The van der Waals surface area contributed by atoms with Gasteiger partial charge in [-0.05, 0) is 26.9 Å². The lowest BCUT2D eigenvalue weighted by Crippen LogP contribution is -2.24. The standard InChI is InChI=1S/C10H16N2O2S/c1-8(9-6-15-7-11-9)12(2)5-3-4-10(13)14/h6-8H,3-5H2,1-2H3,(H,13,14). The Bertz CT molecular complexity index is 300. The van der Waals surface area contributed by atoms with E-state index < -0.39 is 5.97 Å². The van der Waals surface area contributed by atoms with Gasteiger partial charge in [-0.3, -0.25) is 9.69 Å². The second kappa shape index (κ2) is 5.82. The molecule has 0 aliphatic rings. The first kappa shape index (κ1) is 12.1. The number of hydrogen-bond acceptors (Lipinski definition) is 4. The van der Waals surface area contributed by atoms with E-state index in [1.165, 1.54) is 0 Å². The van der Waals surface area contributed by atoms with Gasteiger partial charge in [0.1, 0.15) is 0 Å². The Morgan fingerprint density at radius 3 is 3.00 bits per heavy atom. The van der Waals surface area contributed by atoms with Gasteiger partial charge in [-0.15, -0.1) is 11.3 Å². The molecule has 5 heteroatoms. The van der Waals surface area contributed by atoms with Crippen molar-refractivity contribution in [1.29, 1.82) is 0 Å². The number of hydrogen-bond donors (Lipinski definition) is 1. The molecule has 4 nitrogen and oxygen atoms in total. The Morgan fingerprint density at radius 1 is 1.73 bits per heavy atom. The summed E-state index contributed by atoms with van der Waals surface area (Å²) in [7, 11) is 1.99. The monoisotopic (exact) mass is 228 g/mol. The van der Waals surface area contributed by atoms with Crippen LogP contribution in [0.5, 0.6) is 0 Å². The van der Waals surface area contributed by atoms with Crippen molar-refractivity contribution >= 4 is 17.3 Å². The molecule has 0 spiro atoms. The van der Waals surface area contributed by atoms with Gasteiger partial charge in [-0.25, -0.2) is 4.98 Å². The molecule has 1 rings (SSSR count). The quantitative estimate of drug-likeness (QED) is 0.809. The van der Waals surface area contributed by atoms with Crippen molar-refractivity contribution in [3.05, 3.63) is 16.6 Å². The van der Waals surface area contributed by atoms with E-state index >= 15 is 0 Å². The molecule has 1 aromatic rings. The van der Waals surface area contributed by atoms with Crippen molar-refractivity contribution in [2.45, 2.75) is 25.8 Å². The minimum Gasteiger partial charge on any atom is -0.481 e. The highest BCUT2D eigenvalue weighted by molar-refractivity contribution is 7.07. The van der Waals surface area contributed by atoms with Crippen molar-refractivity contribution in [1.82, 2.24) is 9.88 Å². The Morgan fingerprint density at radius 2 is 2.47 bits per heavy atom. The third kappa shape index (κ3) is 3.97. The van der Waals surface area contributed by atoms with Crippen LogP contribution < -0.4 is 0 Å². The molecule has 1 aromatic heterocycles. The maximum atomic E-state index is 10.4. The number of carboxylic acids is 1. The van der Waals surface area contributed by atoms with Crippen LogP contribution in [-0.4, -0.2) is 34.6 Å². The lowest BCUT2D eigenvalue weighted by atomic mass is 10.2. The van der Waals surface area contributed by atoms with E-state index in [9.17, 15) is 4.79 Å². The third-order valence-corrected chi connectivity index (χ3v) is 3.05. The molecule has 0 amide bonds. The van der Waals surface area contributed by atoms with E-state index in [4.69, 9.17) is 5.11 Å². The Kier molecular flexibility index (Phi) is 4.71. The van der Waals surface area contributed by atoms with Crippen molar-refractivity contribution in [3.63, 3.8) is 0 Å². The predicted molar refractivity (Wildman–Crippen MR) is 60.0 cm³/mol. The molecule has 0 bridgehead atoms. The van der Waals surface area contributed by atoms with Gasteiger partial charge < -0.3 is 5.11 Å². The lowest BCUT2D eigenvalue weighted by molar-refractivity contribution is -0.137. The second-order valence-electron chi connectivity index (χ2n) is 3.57. The minimum atomic E-state index is -0.732. The number of thiazole rings is 1. The molecular formula is C10H16N2O2S. The Labute approximate surface area is 93.6 Å². The van der Waals surface area contributed by atoms with Gasteiger partial charge in [-0.1, -0.05) is 0 Å². The van der Waals surface area contributed by atoms with Crippen LogP contribution in [0.15, 0.2) is 10.9 Å². The van der Waals surface area contributed by atoms with Crippen LogP contribution in [0.4, 0.5) is 0 Å². The van der Waals surface area contributed by atoms with Crippen LogP contribution in [0.25, 0.3) is 0 Å². The zero-order valence-corrected chi connectivity index (χ0v) is 9.83. The van der Waals surface area contributed by atoms with Gasteiger partial charge in [0, 0.05) is 17.8 Å². The minimum absolute atomic E-state index is 0.230. The lowest BCUT2D eigenvalue weighted by Gasteiger charge is -2.22. The Balaban J connectivity index is 2.33. The molecule has 84 valence electrons. The average molecular weight is 228 g/mol. The molecule has 1 heterocycles. The molecule has 0 aromatic carbocycles. The van der Waals surface area contributed by atoms with Crippen molar-refractivity contribution in [3.8, 4) is 0 Å². The predicted octanol–water partition coefficient (Wildman–Crippen LogP) is 2.00. The number of rotatable bonds is 6. The molecular weight excluding hydrogens is 212 g/mol. The summed E-state index contributed by atoms with van der Waals surface area (Å²) >= 11 is 1.58. The smallest absolute Gasteiger partial charge is 0.303 e. The first-order chi connectivity index (χ1) is 7.11. The summed E-state index contributed by atoms with van der Waals surface area (Å²) in [5.41, 5.74) is 2.87. The first-order valence-electron chi connectivity index (χ1n) is 4.91. The molecule has 1 N–H and O–H groups in total. The molecule has 0 aliphatic carbocycles. The zero-order chi connectivity index (χ0) is 11.3. The van der Waals surface area contributed by atoms with E-state index in [0.717, 1.165) is 12.2 Å². The van der Waals surface area contributed by atoms with Gasteiger partial charge in [0.25, 0.3) is 0 Å². The van der Waals surface area contributed by atoms with Gasteiger partial charge in [0.05, 0.1) is 11.2 Å². The van der Waals surface area contributed by atoms with E-state index in [1.54, 1.807) is 11.3 Å². The van der Waals surface area contributed by atoms with Crippen LogP contribution >= 0.6 is 11.3 Å². The van der Waals surface area contributed by atoms with Crippen LogP contribution in [0, 0.1) is 0 Å². The van der Waals surface area contributed by atoms with E-state index in [0.29, 0.717) is 6.42 Å². The number of carbonyl (C=O) groups is 1. The van der Waals surface area contributed by atoms with Gasteiger partial charge >= 0.3 is 5.97 Å². The Hall–Kier alpha value is -0.940. The largest absolute Gasteiger partial charge is 0.481 e. The topological polar surface area (TPSA) is 53.4 Å². The SMILES string of the molecule is CC(c1cscn1)N(C)CCCC(=O)O. The molecule has 1 atom stereocenters. The maximum absolute atomic E-state index is 10.4. The number of aromatic nitrogens is 1. The molecule has 0 saturated carbocycles. The van der Waals surface area contributed by atoms with Crippen LogP contribution in [0.2, 0.25) is 0 Å². The molecule has 1 unspecified atom stereocenters. The van der Waals surface area contributed by atoms with Crippen LogP contribution in [-0.2, 0) is 4.79 Å². The van der Waals surface area contributed by atoms with Gasteiger partial charge in [0.15, 0.2) is 0 Å². The first-order valence-corrected chi connectivity index (χ1v) is 5.85. The third-order valence-electron chi connectivity index (χ3n) is 2.44. The average Bonchev–Trinajstić information content (AvgIpc) is 2.68. The summed E-state index contributed by atoms with van der Waals surface area (Å²) in [4.78, 5) is 16.7. The van der Waals surface area contributed by atoms with Crippen molar-refractivity contribution in [2.24, 2.45) is 0 Å². The highest BCUT2D eigenvalue weighted by atomic mass is 32.1. The van der Waals surface area contributed by atoms with Gasteiger partial charge in [-0.2, -0.15) is 0 Å². The fourth-order valence-corrected chi connectivity index (χ4v) is 1.97. The summed E-state index contributed by atoms with van der Waals surface area (Å²) in [6.45, 7) is 2.86.